The number of hydrogen-bond donors (Lipinski definition) is 2. The molecule has 1 saturated carbocycles. The van der Waals surface area contributed by atoms with Crippen LogP contribution in [-0.2, 0) is 11.3 Å². The summed E-state index contributed by atoms with van der Waals surface area (Å²) in [5.74, 6) is -0.0469. The monoisotopic (exact) mass is 301 g/mol. The fourth-order valence-electron chi connectivity index (χ4n) is 4.05. The predicted octanol–water partition coefficient (Wildman–Crippen LogP) is 1.40. The van der Waals surface area contributed by atoms with E-state index in [1.165, 1.54) is 19.3 Å². The first-order valence-electron chi connectivity index (χ1n) is 8.00. The summed E-state index contributed by atoms with van der Waals surface area (Å²) in [6, 6.07) is 7.60. The molecule has 1 aromatic rings. The lowest BCUT2D eigenvalue weighted by Gasteiger charge is -2.33. The maximum Gasteiger partial charge on any atom is 0.248 e. The topological polar surface area (TPSA) is 89.4 Å². The van der Waals surface area contributed by atoms with E-state index >= 15 is 0 Å². The first kappa shape index (κ1) is 15.0. The van der Waals surface area contributed by atoms with Gasteiger partial charge in [0.25, 0.3) is 0 Å². The Balaban J connectivity index is 1.78. The average Bonchev–Trinajstić information content (AvgIpc) is 2.87. The Morgan fingerprint density at radius 2 is 1.77 bits per heavy atom. The number of amides is 2. The fraction of sp³-hybridized carbons (Fsp3) is 0.529. The van der Waals surface area contributed by atoms with E-state index in [0.717, 1.165) is 18.4 Å². The van der Waals surface area contributed by atoms with Gasteiger partial charge in [0.2, 0.25) is 11.8 Å². The SMILES string of the molecule is NC(=O)c1ccc(CN2[C@@H]3CCCC[C@@H]3C[C@H]2C(N)=O)cc1. The van der Waals surface area contributed by atoms with Crippen molar-refractivity contribution in [2.45, 2.75) is 50.7 Å². The van der Waals surface area contributed by atoms with Gasteiger partial charge in [-0.05, 0) is 42.9 Å². The molecule has 22 heavy (non-hydrogen) atoms. The van der Waals surface area contributed by atoms with Crippen LogP contribution in [0.25, 0.3) is 0 Å². The first-order chi connectivity index (χ1) is 10.6. The second-order valence-electron chi connectivity index (χ2n) is 6.50. The Morgan fingerprint density at radius 3 is 2.41 bits per heavy atom. The smallest absolute Gasteiger partial charge is 0.248 e. The van der Waals surface area contributed by atoms with Gasteiger partial charge in [-0.15, -0.1) is 0 Å². The van der Waals surface area contributed by atoms with Crippen molar-refractivity contribution in [2.75, 3.05) is 0 Å². The second kappa shape index (κ2) is 6.08. The molecule has 118 valence electrons. The fourth-order valence-corrected chi connectivity index (χ4v) is 4.05. The summed E-state index contributed by atoms with van der Waals surface area (Å²) < 4.78 is 0. The van der Waals surface area contributed by atoms with Gasteiger partial charge in [-0.25, -0.2) is 0 Å². The van der Waals surface area contributed by atoms with Crippen LogP contribution in [0.15, 0.2) is 24.3 Å². The second-order valence-corrected chi connectivity index (χ2v) is 6.50. The number of nitrogens with zero attached hydrogens (tertiary/aromatic N) is 1. The van der Waals surface area contributed by atoms with Crippen LogP contribution in [0.3, 0.4) is 0 Å². The van der Waals surface area contributed by atoms with Crippen LogP contribution >= 0.6 is 0 Å². The third-order valence-electron chi connectivity index (χ3n) is 5.15. The van der Waals surface area contributed by atoms with Crippen LogP contribution in [0.1, 0.15) is 48.0 Å². The molecule has 2 amide bonds. The number of carbonyl (C=O) groups excluding carboxylic acids is 2. The van der Waals surface area contributed by atoms with Gasteiger partial charge in [0.05, 0.1) is 6.04 Å². The molecule has 4 N–H and O–H groups in total. The Kier molecular flexibility index (Phi) is 4.16. The Hall–Kier alpha value is -1.88. The van der Waals surface area contributed by atoms with Gasteiger partial charge in [-0.1, -0.05) is 25.0 Å². The quantitative estimate of drug-likeness (QED) is 0.881. The largest absolute Gasteiger partial charge is 0.368 e. The molecule has 2 fully saturated rings. The molecule has 1 heterocycles. The third-order valence-corrected chi connectivity index (χ3v) is 5.15. The van der Waals surface area contributed by atoms with E-state index in [1.807, 2.05) is 12.1 Å². The summed E-state index contributed by atoms with van der Waals surface area (Å²) in [5.41, 5.74) is 12.5. The molecule has 5 heteroatoms. The van der Waals surface area contributed by atoms with Gasteiger partial charge < -0.3 is 11.5 Å². The number of fused-ring (bicyclic) bond motifs is 1. The van der Waals surface area contributed by atoms with Crippen molar-refractivity contribution in [3.8, 4) is 0 Å². The summed E-state index contributed by atoms with van der Waals surface area (Å²) in [6.45, 7) is 0.702. The highest BCUT2D eigenvalue weighted by Crippen LogP contribution is 2.40. The molecule has 0 unspecified atom stereocenters. The number of likely N-dealkylation sites (tertiary alicyclic amines) is 1. The van der Waals surface area contributed by atoms with Gasteiger partial charge in [-0.2, -0.15) is 0 Å². The molecule has 3 rings (SSSR count). The highest BCUT2D eigenvalue weighted by molar-refractivity contribution is 5.92. The van der Waals surface area contributed by atoms with E-state index in [-0.39, 0.29) is 11.9 Å². The molecular formula is C17H23N3O2. The van der Waals surface area contributed by atoms with Crippen molar-refractivity contribution in [3.63, 3.8) is 0 Å². The first-order valence-corrected chi connectivity index (χ1v) is 8.00. The third kappa shape index (κ3) is 2.86. The minimum Gasteiger partial charge on any atom is -0.368 e. The van der Waals surface area contributed by atoms with E-state index in [0.29, 0.717) is 24.1 Å². The predicted molar refractivity (Wildman–Crippen MR) is 83.8 cm³/mol. The number of rotatable bonds is 4. The molecule has 0 radical (unpaired) electrons. The summed E-state index contributed by atoms with van der Waals surface area (Å²) in [7, 11) is 0. The zero-order valence-corrected chi connectivity index (χ0v) is 12.7. The van der Waals surface area contributed by atoms with Crippen molar-refractivity contribution in [3.05, 3.63) is 35.4 Å². The van der Waals surface area contributed by atoms with Crippen molar-refractivity contribution < 1.29 is 9.59 Å². The van der Waals surface area contributed by atoms with E-state index in [9.17, 15) is 9.59 Å². The van der Waals surface area contributed by atoms with Crippen molar-refractivity contribution in [1.82, 2.24) is 4.90 Å². The van der Waals surface area contributed by atoms with Crippen molar-refractivity contribution >= 4 is 11.8 Å². The number of carbonyl (C=O) groups is 2. The standard InChI is InChI=1S/C17H23N3O2/c18-16(21)12-7-5-11(6-8-12)10-20-14-4-2-1-3-13(14)9-15(20)17(19)22/h5-8,13-15H,1-4,9-10H2,(H2,18,21)(H2,19,22)/t13-,14-,15+/m1/s1. The maximum atomic E-state index is 11.8. The molecule has 0 aromatic heterocycles. The Labute approximate surface area is 130 Å². The van der Waals surface area contributed by atoms with Gasteiger partial charge >= 0.3 is 0 Å². The minimum absolute atomic E-state index is 0.163. The molecule has 0 spiro atoms. The molecule has 1 aliphatic carbocycles. The summed E-state index contributed by atoms with van der Waals surface area (Å²) in [4.78, 5) is 25.2. The molecule has 1 aromatic carbocycles. The van der Waals surface area contributed by atoms with E-state index in [1.54, 1.807) is 12.1 Å². The highest BCUT2D eigenvalue weighted by Gasteiger charge is 2.44. The number of primary amides is 2. The summed E-state index contributed by atoms with van der Waals surface area (Å²) >= 11 is 0. The molecule has 1 saturated heterocycles. The van der Waals surface area contributed by atoms with Crippen molar-refractivity contribution in [1.29, 1.82) is 0 Å². The highest BCUT2D eigenvalue weighted by atomic mass is 16.1. The minimum atomic E-state index is -0.421. The Bertz CT molecular complexity index is 570. The molecule has 5 nitrogen and oxygen atoms in total. The lowest BCUT2D eigenvalue weighted by atomic mass is 9.84. The van der Waals surface area contributed by atoms with Gasteiger partial charge in [0, 0.05) is 18.2 Å². The van der Waals surface area contributed by atoms with Crippen LogP contribution in [-0.4, -0.2) is 28.8 Å². The van der Waals surface area contributed by atoms with Crippen LogP contribution < -0.4 is 11.5 Å². The molecule has 2 aliphatic rings. The summed E-state index contributed by atoms with van der Waals surface area (Å²) in [6.07, 6.45) is 5.72. The summed E-state index contributed by atoms with van der Waals surface area (Å²) in [5, 5.41) is 0. The molecule has 1 aliphatic heterocycles. The van der Waals surface area contributed by atoms with E-state index in [2.05, 4.69) is 4.90 Å². The van der Waals surface area contributed by atoms with Gasteiger partial charge in [0.15, 0.2) is 0 Å². The van der Waals surface area contributed by atoms with Crippen LogP contribution in [0.4, 0.5) is 0 Å². The number of nitrogens with two attached hydrogens (primary N) is 2. The Morgan fingerprint density at radius 1 is 1.09 bits per heavy atom. The van der Waals surface area contributed by atoms with Gasteiger partial charge in [0.1, 0.15) is 0 Å². The normalized spacial score (nSPS) is 28.3. The lowest BCUT2D eigenvalue weighted by molar-refractivity contribution is -0.122. The van der Waals surface area contributed by atoms with Crippen LogP contribution in [0, 0.1) is 5.92 Å². The zero-order valence-electron chi connectivity index (χ0n) is 12.7. The average molecular weight is 301 g/mol. The lowest BCUT2D eigenvalue weighted by Crippen LogP contribution is -2.44. The van der Waals surface area contributed by atoms with E-state index in [4.69, 9.17) is 11.5 Å². The zero-order chi connectivity index (χ0) is 15.7. The maximum absolute atomic E-state index is 11.8. The molecule has 3 atom stereocenters. The van der Waals surface area contributed by atoms with Crippen LogP contribution in [0.5, 0.6) is 0 Å². The molecule has 0 bridgehead atoms. The van der Waals surface area contributed by atoms with Crippen molar-refractivity contribution in [2.24, 2.45) is 17.4 Å². The van der Waals surface area contributed by atoms with E-state index < -0.39 is 5.91 Å². The van der Waals surface area contributed by atoms with Gasteiger partial charge in [-0.3, -0.25) is 14.5 Å². The number of hydrogen-bond acceptors (Lipinski definition) is 3. The van der Waals surface area contributed by atoms with Crippen LogP contribution in [0.2, 0.25) is 0 Å². The molecular weight excluding hydrogens is 278 g/mol. The number of benzene rings is 1.